The van der Waals surface area contributed by atoms with Gasteiger partial charge in [0.1, 0.15) is 17.0 Å². The average molecular weight is 378 g/mol. The Morgan fingerprint density at radius 3 is 2.44 bits per heavy atom. The smallest absolute Gasteiger partial charge is 0.406 e. The first kappa shape index (κ1) is 17.5. The Labute approximate surface area is 152 Å². The third-order valence-corrected chi connectivity index (χ3v) is 4.31. The van der Waals surface area contributed by atoms with Crippen LogP contribution in [0.15, 0.2) is 30.6 Å². The summed E-state index contributed by atoms with van der Waals surface area (Å²) in [6.07, 6.45) is -3.08. The Kier molecular flexibility index (Phi) is 4.34. The molecule has 27 heavy (non-hydrogen) atoms. The van der Waals surface area contributed by atoms with E-state index in [-0.39, 0.29) is 5.75 Å². The van der Waals surface area contributed by atoms with E-state index in [1.807, 2.05) is 7.05 Å². The van der Waals surface area contributed by atoms with Crippen LogP contribution in [0.5, 0.6) is 5.75 Å². The van der Waals surface area contributed by atoms with Crippen molar-refractivity contribution in [3.05, 3.63) is 30.6 Å². The number of piperazine rings is 1. The molecule has 1 aliphatic heterocycles. The van der Waals surface area contributed by atoms with Crippen molar-refractivity contribution < 1.29 is 17.9 Å². The van der Waals surface area contributed by atoms with Gasteiger partial charge in [0.2, 0.25) is 5.95 Å². The molecule has 4 rings (SSSR count). The number of fused-ring (bicyclic) bond motifs is 1. The van der Waals surface area contributed by atoms with Gasteiger partial charge in [-0.15, -0.1) is 13.2 Å². The van der Waals surface area contributed by atoms with Gasteiger partial charge < -0.3 is 19.5 Å². The normalized spacial score (nSPS) is 15.3. The maximum absolute atomic E-state index is 12.4. The first-order valence-corrected chi connectivity index (χ1v) is 8.41. The lowest BCUT2D eigenvalue weighted by Gasteiger charge is -2.27. The topological polar surface area (TPSA) is 68.1 Å². The van der Waals surface area contributed by atoms with Crippen molar-refractivity contribution in [2.75, 3.05) is 31.1 Å². The predicted molar refractivity (Wildman–Crippen MR) is 93.5 cm³/mol. The number of anilines is 1. The van der Waals surface area contributed by atoms with Crippen molar-refractivity contribution >= 4 is 17.1 Å². The number of nitrogens with one attached hydrogen (secondary N) is 1. The van der Waals surface area contributed by atoms with Gasteiger partial charge in [-0.1, -0.05) is 0 Å². The molecule has 0 amide bonds. The van der Waals surface area contributed by atoms with Crippen molar-refractivity contribution in [2.24, 2.45) is 7.05 Å². The van der Waals surface area contributed by atoms with Gasteiger partial charge in [0.15, 0.2) is 5.65 Å². The lowest BCUT2D eigenvalue weighted by Crippen LogP contribution is -2.44. The number of alkyl halides is 3. The van der Waals surface area contributed by atoms with Gasteiger partial charge in [-0.25, -0.2) is 9.97 Å². The second-order valence-corrected chi connectivity index (χ2v) is 6.21. The maximum Gasteiger partial charge on any atom is 0.573 e. The van der Waals surface area contributed by atoms with Crippen LogP contribution in [0.2, 0.25) is 0 Å². The number of aromatic nitrogens is 4. The maximum atomic E-state index is 12.4. The van der Waals surface area contributed by atoms with E-state index in [0.29, 0.717) is 28.4 Å². The summed E-state index contributed by atoms with van der Waals surface area (Å²) < 4.78 is 42.8. The van der Waals surface area contributed by atoms with E-state index in [4.69, 9.17) is 0 Å². The molecule has 0 aliphatic carbocycles. The molecule has 0 unspecified atom stereocenters. The summed E-state index contributed by atoms with van der Waals surface area (Å²) in [5, 5.41) is 3.28. The van der Waals surface area contributed by atoms with Crippen molar-refractivity contribution in [2.45, 2.75) is 6.36 Å². The standard InChI is InChI=1S/C17H17F3N6O/c1-25-10-22-14-13(11-2-4-12(5-3-11)27-17(18,19)20)23-16(24-15(14)25)26-8-6-21-7-9-26/h2-5,10,21H,6-9H2,1H3. The molecule has 0 atom stereocenters. The highest BCUT2D eigenvalue weighted by Gasteiger charge is 2.31. The Morgan fingerprint density at radius 2 is 1.78 bits per heavy atom. The minimum Gasteiger partial charge on any atom is -0.406 e. The molecule has 1 aromatic carbocycles. The zero-order valence-corrected chi connectivity index (χ0v) is 14.5. The lowest BCUT2D eigenvalue weighted by molar-refractivity contribution is -0.274. The molecule has 142 valence electrons. The lowest BCUT2D eigenvalue weighted by atomic mass is 10.1. The van der Waals surface area contributed by atoms with Gasteiger partial charge >= 0.3 is 6.36 Å². The summed E-state index contributed by atoms with van der Waals surface area (Å²) >= 11 is 0. The van der Waals surface area contributed by atoms with Gasteiger partial charge in [-0.05, 0) is 24.3 Å². The molecule has 3 aromatic rings. The minimum atomic E-state index is -4.72. The first-order chi connectivity index (χ1) is 12.9. The number of aryl methyl sites for hydroxylation is 1. The molecular weight excluding hydrogens is 361 g/mol. The number of nitrogens with zero attached hydrogens (tertiary/aromatic N) is 5. The van der Waals surface area contributed by atoms with E-state index in [2.05, 4.69) is 29.9 Å². The molecule has 3 heterocycles. The Balaban J connectivity index is 1.75. The van der Waals surface area contributed by atoms with E-state index in [0.717, 1.165) is 26.2 Å². The fourth-order valence-corrected chi connectivity index (χ4v) is 3.02. The Morgan fingerprint density at radius 1 is 1.07 bits per heavy atom. The van der Waals surface area contributed by atoms with Crippen molar-refractivity contribution in [3.8, 4) is 17.0 Å². The van der Waals surface area contributed by atoms with Crippen LogP contribution >= 0.6 is 0 Å². The SMILES string of the molecule is Cn1cnc2c(-c3ccc(OC(F)(F)F)cc3)nc(N3CCNCC3)nc21. The average Bonchev–Trinajstić information content (AvgIpc) is 3.02. The summed E-state index contributed by atoms with van der Waals surface area (Å²) in [6.45, 7) is 3.24. The van der Waals surface area contributed by atoms with Crippen molar-refractivity contribution in [1.29, 1.82) is 0 Å². The van der Waals surface area contributed by atoms with Gasteiger partial charge in [-0.2, -0.15) is 4.98 Å². The number of halogens is 3. The number of hydrogen-bond donors (Lipinski definition) is 1. The van der Waals surface area contributed by atoms with Crippen molar-refractivity contribution in [3.63, 3.8) is 0 Å². The summed E-state index contributed by atoms with van der Waals surface area (Å²) in [7, 11) is 1.84. The predicted octanol–water partition coefficient (Wildman–Crippen LogP) is 2.34. The van der Waals surface area contributed by atoms with E-state index in [9.17, 15) is 13.2 Å². The molecule has 0 bridgehead atoms. The first-order valence-electron chi connectivity index (χ1n) is 8.41. The van der Waals surface area contributed by atoms with Gasteiger partial charge in [0.25, 0.3) is 0 Å². The van der Waals surface area contributed by atoms with Crippen LogP contribution in [0.1, 0.15) is 0 Å². The quantitative estimate of drug-likeness (QED) is 0.755. The largest absolute Gasteiger partial charge is 0.573 e. The highest BCUT2D eigenvalue weighted by molar-refractivity contribution is 5.88. The summed E-state index contributed by atoms with van der Waals surface area (Å²) in [5.41, 5.74) is 2.49. The molecule has 1 saturated heterocycles. The van der Waals surface area contributed by atoms with E-state index in [1.165, 1.54) is 12.1 Å². The number of ether oxygens (including phenoxy) is 1. The molecule has 1 fully saturated rings. The molecular formula is C17H17F3N6O. The van der Waals surface area contributed by atoms with Gasteiger partial charge in [0.05, 0.1) is 6.33 Å². The molecule has 0 saturated carbocycles. The number of benzene rings is 1. The second-order valence-electron chi connectivity index (χ2n) is 6.21. The number of imidazole rings is 1. The molecule has 2 aromatic heterocycles. The monoisotopic (exact) mass is 378 g/mol. The van der Waals surface area contributed by atoms with E-state index in [1.54, 1.807) is 23.0 Å². The molecule has 1 aliphatic rings. The third kappa shape index (κ3) is 3.65. The molecule has 7 nitrogen and oxygen atoms in total. The summed E-state index contributed by atoms with van der Waals surface area (Å²) in [4.78, 5) is 15.7. The molecule has 0 radical (unpaired) electrons. The zero-order chi connectivity index (χ0) is 19.0. The van der Waals surface area contributed by atoms with E-state index < -0.39 is 6.36 Å². The highest BCUT2D eigenvalue weighted by atomic mass is 19.4. The number of hydrogen-bond acceptors (Lipinski definition) is 6. The zero-order valence-electron chi connectivity index (χ0n) is 14.5. The fraction of sp³-hybridized carbons (Fsp3) is 0.353. The van der Waals surface area contributed by atoms with Crippen LogP contribution in [0.3, 0.4) is 0 Å². The van der Waals surface area contributed by atoms with Gasteiger partial charge in [-0.3, -0.25) is 0 Å². The Hall–Kier alpha value is -2.88. The third-order valence-electron chi connectivity index (χ3n) is 4.31. The highest BCUT2D eigenvalue weighted by Crippen LogP contribution is 2.30. The number of rotatable bonds is 3. The summed E-state index contributed by atoms with van der Waals surface area (Å²) in [6, 6.07) is 5.62. The van der Waals surface area contributed by atoms with E-state index >= 15 is 0 Å². The van der Waals surface area contributed by atoms with Crippen LogP contribution in [0.4, 0.5) is 19.1 Å². The van der Waals surface area contributed by atoms with Crippen molar-refractivity contribution in [1.82, 2.24) is 24.8 Å². The molecule has 0 spiro atoms. The molecule has 1 N–H and O–H groups in total. The van der Waals surface area contributed by atoms with Gasteiger partial charge in [0, 0.05) is 38.8 Å². The van der Waals surface area contributed by atoms with Crippen LogP contribution in [0.25, 0.3) is 22.4 Å². The summed E-state index contributed by atoms with van der Waals surface area (Å²) in [5.74, 6) is 0.304. The van der Waals surface area contributed by atoms with Crippen LogP contribution in [-0.2, 0) is 7.05 Å². The Bertz CT molecular complexity index is 948. The fourth-order valence-electron chi connectivity index (χ4n) is 3.02. The molecule has 10 heteroatoms. The second kappa shape index (κ2) is 6.69. The minimum absolute atomic E-state index is 0.278. The van der Waals surface area contributed by atoms with Crippen LogP contribution < -0.4 is 15.0 Å². The van der Waals surface area contributed by atoms with Crippen LogP contribution in [0, 0.1) is 0 Å². The van der Waals surface area contributed by atoms with Crippen LogP contribution in [-0.4, -0.2) is 52.1 Å².